The van der Waals surface area contributed by atoms with Crippen LogP contribution in [0.4, 0.5) is 0 Å². The van der Waals surface area contributed by atoms with Crippen LogP contribution in [-0.4, -0.2) is 12.0 Å². The van der Waals surface area contributed by atoms with Crippen molar-refractivity contribution in [3.63, 3.8) is 0 Å². The van der Waals surface area contributed by atoms with E-state index in [1.54, 1.807) is 6.07 Å². The van der Waals surface area contributed by atoms with Crippen molar-refractivity contribution in [2.75, 3.05) is 0 Å². The molecule has 4 heteroatoms. The van der Waals surface area contributed by atoms with Gasteiger partial charge in [-0.25, -0.2) is 0 Å². The number of ether oxygens (including phenoxy) is 1. The summed E-state index contributed by atoms with van der Waals surface area (Å²) < 4.78 is 6.36. The number of hydrogen-bond donors (Lipinski definition) is 1. The van der Waals surface area contributed by atoms with E-state index < -0.39 is 17.6 Å². The van der Waals surface area contributed by atoms with Crippen molar-refractivity contribution in [3.8, 4) is 0 Å². The molecule has 0 aliphatic heterocycles. The average molecular weight is 442 g/mol. The predicted octanol–water partition coefficient (Wildman–Crippen LogP) is 5.75. The molecule has 160 valence electrons. The van der Waals surface area contributed by atoms with E-state index in [9.17, 15) is 4.79 Å². The normalized spacial score (nSPS) is 12.2. The van der Waals surface area contributed by atoms with Crippen LogP contribution in [0.15, 0.2) is 115 Å². The molecule has 1 atom stereocenters. The van der Waals surface area contributed by atoms with Gasteiger partial charge in [-0.15, -0.1) is 0 Å². The molecule has 4 aromatic carbocycles. The maximum absolute atomic E-state index is 13.4. The minimum atomic E-state index is -1.24. The molecule has 0 saturated carbocycles. The van der Waals surface area contributed by atoms with Gasteiger partial charge in [0, 0.05) is 21.7 Å². The Kier molecular flexibility index (Phi) is 6.69. The lowest BCUT2D eigenvalue weighted by Gasteiger charge is -2.36. The van der Waals surface area contributed by atoms with E-state index in [1.807, 2.05) is 109 Å². The molecule has 4 rings (SSSR count). The monoisotopic (exact) mass is 441 g/mol. The fraction of sp³-hybridized carbons (Fsp3) is 0.107. The molecule has 0 aliphatic rings. The zero-order chi connectivity index (χ0) is 22.4. The minimum absolute atomic E-state index is 0.377. The highest BCUT2D eigenvalue weighted by Crippen LogP contribution is 2.43. The first-order chi connectivity index (χ1) is 15.6. The Balaban J connectivity index is 1.83. The summed E-state index contributed by atoms with van der Waals surface area (Å²) in [6.07, 6.45) is 0.377. The Hall–Kier alpha value is -3.40. The number of carbonyl (C=O) groups is 1. The van der Waals surface area contributed by atoms with Crippen molar-refractivity contribution in [2.24, 2.45) is 5.73 Å². The van der Waals surface area contributed by atoms with Crippen molar-refractivity contribution in [1.29, 1.82) is 0 Å². The molecule has 4 aromatic rings. The third kappa shape index (κ3) is 4.45. The average Bonchev–Trinajstić information content (AvgIpc) is 2.84. The molecule has 0 amide bonds. The maximum Gasteiger partial charge on any atom is 0.324 e. The summed E-state index contributed by atoms with van der Waals surface area (Å²) in [5, 5.41) is 0.504. The quantitative estimate of drug-likeness (QED) is 0.293. The molecular weight excluding hydrogens is 418 g/mol. The molecule has 0 aromatic heterocycles. The molecule has 0 radical (unpaired) electrons. The van der Waals surface area contributed by atoms with E-state index in [0.717, 1.165) is 16.7 Å². The second kappa shape index (κ2) is 9.82. The van der Waals surface area contributed by atoms with Crippen molar-refractivity contribution >= 4 is 17.6 Å². The van der Waals surface area contributed by atoms with Crippen molar-refractivity contribution in [3.05, 3.63) is 143 Å². The highest BCUT2D eigenvalue weighted by atomic mass is 35.5. The first-order valence-electron chi connectivity index (χ1n) is 10.5. The summed E-state index contributed by atoms with van der Waals surface area (Å²) in [6, 6.07) is 35.6. The Labute approximate surface area is 193 Å². The van der Waals surface area contributed by atoms with Crippen LogP contribution in [0.3, 0.4) is 0 Å². The van der Waals surface area contributed by atoms with E-state index in [1.165, 1.54) is 0 Å². The molecule has 0 aliphatic carbocycles. The van der Waals surface area contributed by atoms with Gasteiger partial charge in [0.2, 0.25) is 0 Å². The van der Waals surface area contributed by atoms with Gasteiger partial charge >= 0.3 is 5.97 Å². The largest absolute Gasteiger partial charge is 0.443 e. The van der Waals surface area contributed by atoms with E-state index in [-0.39, 0.29) is 0 Å². The first-order valence-corrected chi connectivity index (χ1v) is 10.9. The lowest BCUT2D eigenvalue weighted by molar-refractivity contribution is -0.155. The van der Waals surface area contributed by atoms with Gasteiger partial charge < -0.3 is 10.5 Å². The third-order valence-corrected chi connectivity index (χ3v) is 5.80. The van der Waals surface area contributed by atoms with Gasteiger partial charge in [-0.3, -0.25) is 4.79 Å². The van der Waals surface area contributed by atoms with E-state index in [0.29, 0.717) is 17.0 Å². The number of halogens is 1. The minimum Gasteiger partial charge on any atom is -0.443 e. The fourth-order valence-corrected chi connectivity index (χ4v) is 4.19. The molecule has 3 nitrogen and oxygen atoms in total. The molecule has 2 N–H and O–H groups in total. The first kappa shape index (κ1) is 21.8. The lowest BCUT2D eigenvalue weighted by Crippen LogP contribution is -2.42. The molecule has 0 unspecified atom stereocenters. The summed E-state index contributed by atoms with van der Waals surface area (Å²) in [5.74, 6) is -0.499. The zero-order valence-corrected chi connectivity index (χ0v) is 18.3. The summed E-state index contributed by atoms with van der Waals surface area (Å²) in [7, 11) is 0. The lowest BCUT2D eigenvalue weighted by atomic mass is 9.80. The Morgan fingerprint density at radius 1 is 0.750 bits per heavy atom. The highest BCUT2D eigenvalue weighted by molar-refractivity contribution is 6.31. The highest BCUT2D eigenvalue weighted by Gasteiger charge is 2.42. The van der Waals surface area contributed by atoms with Gasteiger partial charge in [-0.2, -0.15) is 0 Å². The van der Waals surface area contributed by atoms with Gasteiger partial charge in [0.1, 0.15) is 6.04 Å². The SMILES string of the molecule is N[C@@H](Cc1ccccc1)C(=O)OC(c1ccccc1)(c1ccccc1)c1ccccc1Cl. The van der Waals surface area contributed by atoms with Crippen LogP contribution < -0.4 is 5.73 Å². The number of hydrogen-bond acceptors (Lipinski definition) is 3. The zero-order valence-electron chi connectivity index (χ0n) is 17.5. The van der Waals surface area contributed by atoms with Gasteiger partial charge in [0.25, 0.3) is 0 Å². The van der Waals surface area contributed by atoms with E-state index in [2.05, 4.69) is 0 Å². The smallest absolute Gasteiger partial charge is 0.324 e. The number of rotatable bonds is 7. The molecule has 0 saturated heterocycles. The second-order valence-electron chi connectivity index (χ2n) is 7.61. The van der Waals surface area contributed by atoms with Crippen LogP contribution in [-0.2, 0) is 21.6 Å². The topological polar surface area (TPSA) is 52.3 Å². The molecule has 0 bridgehead atoms. The molecule has 0 heterocycles. The summed E-state index contributed by atoms with van der Waals surface area (Å²) >= 11 is 6.68. The molecule has 0 fully saturated rings. The predicted molar refractivity (Wildman–Crippen MR) is 128 cm³/mol. The van der Waals surface area contributed by atoms with Crippen molar-refractivity contribution in [2.45, 2.75) is 18.1 Å². The Bertz CT molecular complexity index is 1120. The standard InChI is InChI=1S/C28H24ClNO2/c29-25-19-11-10-18-24(25)28(22-14-6-2-7-15-22,23-16-8-3-9-17-23)32-27(31)26(30)20-21-12-4-1-5-13-21/h1-19,26H,20,30H2/t26-/m0/s1. The van der Waals surface area contributed by atoms with Gasteiger partial charge in [-0.05, 0) is 18.1 Å². The number of benzene rings is 4. The van der Waals surface area contributed by atoms with Crippen LogP contribution in [0.5, 0.6) is 0 Å². The molecular formula is C28H24ClNO2. The number of nitrogens with two attached hydrogens (primary N) is 1. The van der Waals surface area contributed by atoms with Crippen LogP contribution >= 0.6 is 11.6 Å². The van der Waals surface area contributed by atoms with Crippen molar-refractivity contribution in [1.82, 2.24) is 0 Å². The fourth-order valence-electron chi connectivity index (χ4n) is 3.92. The Morgan fingerprint density at radius 2 is 1.22 bits per heavy atom. The van der Waals surface area contributed by atoms with Crippen LogP contribution in [0.1, 0.15) is 22.3 Å². The molecule has 0 spiro atoms. The summed E-state index contributed by atoms with van der Waals surface area (Å²) in [5.41, 5.74) is 8.31. The Morgan fingerprint density at radius 3 is 1.75 bits per heavy atom. The van der Waals surface area contributed by atoms with Crippen LogP contribution in [0.2, 0.25) is 5.02 Å². The third-order valence-electron chi connectivity index (χ3n) is 5.47. The van der Waals surface area contributed by atoms with Crippen LogP contribution in [0.25, 0.3) is 0 Å². The molecule has 32 heavy (non-hydrogen) atoms. The van der Waals surface area contributed by atoms with E-state index >= 15 is 0 Å². The van der Waals surface area contributed by atoms with Gasteiger partial charge in [0.05, 0.1) is 0 Å². The van der Waals surface area contributed by atoms with Crippen molar-refractivity contribution < 1.29 is 9.53 Å². The number of carbonyl (C=O) groups excluding carboxylic acids is 1. The summed E-state index contributed by atoms with van der Waals surface area (Å²) in [6.45, 7) is 0. The number of esters is 1. The second-order valence-corrected chi connectivity index (χ2v) is 8.02. The summed E-state index contributed by atoms with van der Waals surface area (Å²) in [4.78, 5) is 13.4. The maximum atomic E-state index is 13.4. The van der Waals surface area contributed by atoms with Crippen LogP contribution in [0, 0.1) is 0 Å². The van der Waals surface area contributed by atoms with E-state index in [4.69, 9.17) is 22.1 Å². The van der Waals surface area contributed by atoms with Gasteiger partial charge in [-0.1, -0.05) is 121 Å². The van der Waals surface area contributed by atoms with Gasteiger partial charge in [0.15, 0.2) is 5.60 Å².